The molecule has 0 amide bonds. The first kappa shape index (κ1) is 22.4. The molecule has 172 valence electrons. The van der Waals surface area contributed by atoms with Crippen molar-refractivity contribution in [3.63, 3.8) is 0 Å². The Balaban J connectivity index is 1.65. The monoisotopic (exact) mass is 466 g/mol. The van der Waals surface area contributed by atoms with Crippen LogP contribution >= 0.6 is 12.2 Å². The summed E-state index contributed by atoms with van der Waals surface area (Å²) in [6, 6.07) is 25.5. The van der Waals surface area contributed by atoms with Gasteiger partial charge >= 0.3 is 0 Å². The number of hydrogen-bond donors (Lipinski definition) is 1. The summed E-state index contributed by atoms with van der Waals surface area (Å²) in [6.45, 7) is 9.54. The quantitative estimate of drug-likeness (QED) is 0.351. The number of pyridine rings is 1. The second-order valence-electron chi connectivity index (χ2n) is 9.14. The van der Waals surface area contributed by atoms with Crippen LogP contribution in [0.25, 0.3) is 5.69 Å². The zero-order valence-corrected chi connectivity index (χ0v) is 20.9. The Morgan fingerprint density at radius 2 is 1.59 bits per heavy atom. The van der Waals surface area contributed by atoms with Crippen molar-refractivity contribution in [2.45, 2.75) is 46.3 Å². The number of nitrogens with one attached hydrogen (secondary N) is 1. The number of aryl methyl sites for hydroxylation is 3. The van der Waals surface area contributed by atoms with Crippen molar-refractivity contribution in [2.24, 2.45) is 0 Å². The van der Waals surface area contributed by atoms with Gasteiger partial charge < -0.3 is 14.8 Å². The van der Waals surface area contributed by atoms with Gasteiger partial charge in [0.2, 0.25) is 0 Å². The lowest BCUT2D eigenvalue weighted by molar-refractivity contribution is 0.310. The number of hydrogen-bond acceptors (Lipinski definition) is 2. The van der Waals surface area contributed by atoms with Crippen molar-refractivity contribution >= 4 is 17.3 Å². The maximum atomic E-state index is 5.89. The van der Waals surface area contributed by atoms with Crippen molar-refractivity contribution in [1.29, 1.82) is 0 Å². The third kappa shape index (κ3) is 3.90. The first-order valence-electron chi connectivity index (χ1n) is 11.7. The minimum absolute atomic E-state index is 0.0238. The molecular weight excluding hydrogens is 436 g/mol. The zero-order valence-electron chi connectivity index (χ0n) is 20.1. The van der Waals surface area contributed by atoms with Crippen LogP contribution < -0.4 is 5.32 Å². The minimum atomic E-state index is -0.0238. The molecule has 1 saturated heterocycles. The Bertz CT molecular complexity index is 1310. The Kier molecular flexibility index (Phi) is 5.96. The van der Waals surface area contributed by atoms with Gasteiger partial charge in [-0.25, -0.2) is 0 Å². The largest absolute Gasteiger partial charge is 0.352 e. The molecule has 2 atom stereocenters. The Labute approximate surface area is 207 Å². The van der Waals surface area contributed by atoms with E-state index in [4.69, 9.17) is 17.2 Å². The fraction of sp³-hybridized carbons (Fsp3) is 0.241. The molecule has 1 aliphatic rings. The summed E-state index contributed by atoms with van der Waals surface area (Å²) in [7, 11) is 0. The van der Waals surface area contributed by atoms with Crippen LogP contribution in [0.5, 0.6) is 0 Å². The third-order valence-corrected chi connectivity index (χ3v) is 7.20. The van der Waals surface area contributed by atoms with E-state index in [1.807, 2.05) is 18.3 Å². The fourth-order valence-corrected chi connectivity index (χ4v) is 5.59. The van der Waals surface area contributed by atoms with Crippen LogP contribution in [0.4, 0.5) is 0 Å². The smallest absolute Gasteiger partial charge is 0.170 e. The van der Waals surface area contributed by atoms with Crippen molar-refractivity contribution < 1.29 is 0 Å². The van der Waals surface area contributed by atoms with Crippen LogP contribution in [0.2, 0.25) is 0 Å². The molecular formula is C29H30N4S. The summed E-state index contributed by atoms with van der Waals surface area (Å²) < 4.78 is 2.40. The van der Waals surface area contributed by atoms with Gasteiger partial charge in [0.05, 0.1) is 23.5 Å². The fourth-order valence-electron chi connectivity index (χ4n) is 5.28. The molecule has 0 radical (unpaired) electrons. The van der Waals surface area contributed by atoms with Gasteiger partial charge in [-0.2, -0.15) is 0 Å². The van der Waals surface area contributed by atoms with E-state index in [9.17, 15) is 0 Å². The molecule has 2 aromatic heterocycles. The van der Waals surface area contributed by atoms with E-state index in [0.29, 0.717) is 0 Å². The van der Waals surface area contributed by atoms with Crippen LogP contribution in [-0.2, 0) is 6.54 Å². The van der Waals surface area contributed by atoms with Crippen LogP contribution in [0.1, 0.15) is 51.4 Å². The summed E-state index contributed by atoms with van der Waals surface area (Å²) in [4.78, 5) is 7.02. The third-order valence-electron chi connectivity index (χ3n) is 6.85. The zero-order chi connectivity index (χ0) is 23.8. The van der Waals surface area contributed by atoms with E-state index in [1.165, 1.54) is 39.3 Å². The lowest BCUT2D eigenvalue weighted by atomic mass is 9.96. The van der Waals surface area contributed by atoms with Crippen LogP contribution in [0, 0.1) is 27.7 Å². The highest BCUT2D eigenvalue weighted by Gasteiger charge is 2.41. The molecule has 0 bridgehead atoms. The van der Waals surface area contributed by atoms with E-state index in [1.54, 1.807) is 0 Å². The number of rotatable bonds is 5. The van der Waals surface area contributed by atoms with Gasteiger partial charge in [0.15, 0.2) is 5.11 Å². The molecule has 0 spiro atoms. The first-order valence-corrected chi connectivity index (χ1v) is 12.1. The molecule has 3 heterocycles. The molecule has 0 unspecified atom stereocenters. The summed E-state index contributed by atoms with van der Waals surface area (Å²) in [6.07, 6.45) is 1.86. The molecule has 1 aliphatic heterocycles. The van der Waals surface area contributed by atoms with Gasteiger partial charge in [-0.15, -0.1) is 0 Å². The molecule has 5 rings (SSSR count). The highest BCUT2D eigenvalue weighted by Crippen LogP contribution is 2.42. The molecule has 4 aromatic rings. The lowest BCUT2D eigenvalue weighted by Gasteiger charge is -2.28. The Hall–Kier alpha value is -3.44. The van der Waals surface area contributed by atoms with Gasteiger partial charge in [-0.05, 0) is 80.4 Å². The van der Waals surface area contributed by atoms with Crippen molar-refractivity contribution in [3.05, 3.63) is 118 Å². The minimum Gasteiger partial charge on any atom is -0.352 e. The van der Waals surface area contributed by atoms with E-state index in [0.717, 1.165) is 17.4 Å². The highest BCUT2D eigenvalue weighted by atomic mass is 32.1. The van der Waals surface area contributed by atoms with Gasteiger partial charge in [0.25, 0.3) is 0 Å². The number of thiocarbonyl (C=S) groups is 1. The standard InChI is InChI=1S/C29H30N4S/c1-19-11-10-12-20(2)27(19)33-21(3)17-24(22(33)4)28-26(25-15-8-9-16-30-25)31-29(34)32(28)18-23-13-6-5-7-14-23/h5-17,26,28H,18H2,1-4H3,(H,31,34)/t26-,28-/m1/s1. The van der Waals surface area contributed by atoms with Crippen molar-refractivity contribution in [1.82, 2.24) is 19.8 Å². The predicted molar refractivity (Wildman–Crippen MR) is 142 cm³/mol. The molecule has 5 heteroatoms. The molecule has 0 saturated carbocycles. The van der Waals surface area contributed by atoms with Gasteiger partial charge in [-0.1, -0.05) is 54.6 Å². The topological polar surface area (TPSA) is 33.1 Å². The van der Waals surface area contributed by atoms with Gasteiger partial charge in [-0.3, -0.25) is 4.98 Å². The van der Waals surface area contributed by atoms with Gasteiger partial charge in [0.1, 0.15) is 0 Å². The van der Waals surface area contributed by atoms with E-state index >= 15 is 0 Å². The Morgan fingerprint density at radius 1 is 0.882 bits per heavy atom. The molecule has 0 aliphatic carbocycles. The summed E-state index contributed by atoms with van der Waals surface area (Å²) in [5, 5.41) is 4.36. The van der Waals surface area contributed by atoms with Crippen LogP contribution in [0.3, 0.4) is 0 Å². The highest BCUT2D eigenvalue weighted by molar-refractivity contribution is 7.80. The van der Waals surface area contributed by atoms with Crippen LogP contribution in [0.15, 0.2) is 79.0 Å². The molecule has 1 fully saturated rings. The van der Waals surface area contributed by atoms with Crippen molar-refractivity contribution in [2.75, 3.05) is 0 Å². The molecule has 34 heavy (non-hydrogen) atoms. The lowest BCUT2D eigenvalue weighted by Crippen LogP contribution is -2.29. The second kappa shape index (κ2) is 9.07. The summed E-state index contributed by atoms with van der Waals surface area (Å²) >= 11 is 5.89. The van der Waals surface area contributed by atoms with E-state index in [-0.39, 0.29) is 12.1 Å². The summed E-state index contributed by atoms with van der Waals surface area (Å²) in [5.74, 6) is 0. The first-order chi connectivity index (χ1) is 16.5. The number of nitrogens with zero attached hydrogens (tertiary/aromatic N) is 3. The normalized spacial score (nSPS) is 17.8. The van der Waals surface area contributed by atoms with Gasteiger partial charge in [0, 0.05) is 24.1 Å². The average Bonchev–Trinajstić information content (AvgIpc) is 3.31. The Morgan fingerprint density at radius 3 is 2.26 bits per heavy atom. The number of aromatic nitrogens is 2. The van der Waals surface area contributed by atoms with Crippen LogP contribution in [-0.4, -0.2) is 19.6 Å². The maximum Gasteiger partial charge on any atom is 0.170 e. The SMILES string of the molecule is Cc1cccc(C)c1-n1c(C)cc([C@@H]2[C@@H](c3ccccn3)NC(=S)N2Cc2ccccc2)c1C. The predicted octanol–water partition coefficient (Wildman–Crippen LogP) is 6.28. The van der Waals surface area contributed by atoms with E-state index < -0.39 is 0 Å². The molecule has 4 nitrogen and oxygen atoms in total. The number of para-hydroxylation sites is 1. The number of benzene rings is 2. The summed E-state index contributed by atoms with van der Waals surface area (Å²) in [5.41, 5.74) is 9.80. The van der Waals surface area contributed by atoms with E-state index in [2.05, 4.69) is 103 Å². The molecule has 2 aromatic carbocycles. The second-order valence-corrected chi connectivity index (χ2v) is 9.53. The van der Waals surface area contributed by atoms with Crippen molar-refractivity contribution in [3.8, 4) is 5.69 Å². The molecule has 1 N–H and O–H groups in total. The maximum absolute atomic E-state index is 5.89. The average molecular weight is 467 g/mol.